The molecule has 0 aliphatic rings. The van der Waals surface area contributed by atoms with Crippen molar-refractivity contribution in [3.63, 3.8) is 0 Å². The van der Waals surface area contributed by atoms with Crippen LogP contribution in [0.1, 0.15) is 15.7 Å². The smallest absolute Gasteiger partial charge is 0.0278 e. The Morgan fingerprint density at radius 1 is 1.00 bits per heavy atom. The summed E-state index contributed by atoms with van der Waals surface area (Å²) in [5, 5.41) is 4.20. The first-order chi connectivity index (χ1) is 5.88. The van der Waals surface area contributed by atoms with Gasteiger partial charge in [-0.15, -0.1) is 22.7 Å². The summed E-state index contributed by atoms with van der Waals surface area (Å²) in [7, 11) is 0. The van der Waals surface area contributed by atoms with Crippen LogP contribution in [0.25, 0.3) is 0 Å². The molecular weight excluding hydrogens is 184 g/mol. The fourth-order valence-corrected chi connectivity index (χ4v) is 2.72. The molecule has 0 unspecified atom stereocenters. The summed E-state index contributed by atoms with van der Waals surface area (Å²) in [5.41, 5.74) is 0. The topological polar surface area (TPSA) is 0 Å². The largest absolute Gasteiger partial charge is 0.148 e. The van der Waals surface area contributed by atoms with E-state index < -0.39 is 0 Å². The maximum atomic E-state index is 4.14. The van der Waals surface area contributed by atoms with Gasteiger partial charge >= 0.3 is 0 Å². The van der Waals surface area contributed by atoms with Crippen molar-refractivity contribution in [2.24, 2.45) is 0 Å². The second-order valence-corrected chi connectivity index (χ2v) is 4.54. The highest BCUT2D eigenvalue weighted by Gasteiger charge is 2.09. The first kappa shape index (κ1) is 8.02. The van der Waals surface area contributed by atoms with E-state index in [2.05, 4.69) is 41.9 Å². The highest BCUT2D eigenvalue weighted by atomic mass is 32.1. The molecule has 2 aromatic rings. The normalized spacial score (nSPS) is 10.8. The van der Waals surface area contributed by atoms with Crippen LogP contribution in [0.3, 0.4) is 0 Å². The summed E-state index contributed by atoms with van der Waals surface area (Å²) in [6.45, 7) is 4.14. The third-order valence-corrected chi connectivity index (χ3v) is 3.75. The van der Waals surface area contributed by atoms with Crippen LogP contribution in [0.4, 0.5) is 0 Å². The van der Waals surface area contributed by atoms with Crippen molar-refractivity contribution in [1.29, 1.82) is 0 Å². The molecule has 0 N–H and O–H groups in total. The molecule has 2 aromatic heterocycles. The lowest BCUT2D eigenvalue weighted by atomic mass is 10.1. The van der Waals surface area contributed by atoms with Crippen molar-refractivity contribution in [1.82, 2.24) is 0 Å². The van der Waals surface area contributed by atoms with Crippen LogP contribution in [0.5, 0.6) is 0 Å². The van der Waals surface area contributed by atoms with Crippen molar-refractivity contribution in [3.8, 4) is 0 Å². The van der Waals surface area contributed by atoms with Gasteiger partial charge in [0.25, 0.3) is 0 Å². The average molecular weight is 193 g/mol. The molecule has 0 spiro atoms. The molecule has 2 rings (SSSR count). The van der Waals surface area contributed by atoms with Crippen molar-refractivity contribution >= 4 is 22.7 Å². The van der Waals surface area contributed by atoms with Gasteiger partial charge in [-0.05, 0) is 29.8 Å². The zero-order valence-corrected chi connectivity index (χ0v) is 8.20. The molecule has 0 saturated heterocycles. The Labute approximate surface area is 80.5 Å². The van der Waals surface area contributed by atoms with Crippen LogP contribution in [-0.4, -0.2) is 0 Å². The zero-order valence-electron chi connectivity index (χ0n) is 6.57. The fourth-order valence-electron chi connectivity index (χ4n) is 1.12. The van der Waals surface area contributed by atoms with Crippen LogP contribution < -0.4 is 0 Å². The first-order valence-electron chi connectivity index (χ1n) is 3.78. The Bertz CT molecular complexity index is 284. The number of hydrogen-bond donors (Lipinski definition) is 0. The zero-order chi connectivity index (χ0) is 8.39. The molecule has 0 saturated carbocycles. The van der Waals surface area contributed by atoms with E-state index >= 15 is 0 Å². The average Bonchev–Trinajstić information content (AvgIpc) is 2.77. The quantitative estimate of drug-likeness (QED) is 0.681. The summed E-state index contributed by atoms with van der Waals surface area (Å²) >= 11 is 3.55. The highest BCUT2D eigenvalue weighted by Crippen LogP contribution is 2.29. The van der Waals surface area contributed by atoms with Crippen LogP contribution in [0, 0.1) is 6.92 Å². The SMILES string of the molecule is [CH2]C(c1cccs1)c1cccs1. The van der Waals surface area contributed by atoms with Crippen molar-refractivity contribution < 1.29 is 0 Å². The molecule has 0 atom stereocenters. The molecule has 0 aliphatic carbocycles. The van der Waals surface area contributed by atoms with E-state index in [1.165, 1.54) is 9.75 Å². The van der Waals surface area contributed by atoms with E-state index in [0.29, 0.717) is 5.92 Å². The summed E-state index contributed by atoms with van der Waals surface area (Å²) in [6, 6.07) is 8.43. The first-order valence-corrected chi connectivity index (χ1v) is 5.54. The minimum Gasteiger partial charge on any atom is -0.148 e. The summed E-state index contributed by atoms with van der Waals surface area (Å²) in [4.78, 5) is 2.69. The third kappa shape index (κ3) is 1.45. The second kappa shape index (κ2) is 3.42. The van der Waals surface area contributed by atoms with Gasteiger partial charge in [0.2, 0.25) is 0 Å². The Morgan fingerprint density at radius 2 is 1.50 bits per heavy atom. The molecular formula is C10H9S2. The van der Waals surface area contributed by atoms with Gasteiger partial charge in [-0.2, -0.15) is 0 Å². The van der Waals surface area contributed by atoms with E-state index in [-0.39, 0.29) is 0 Å². The molecule has 2 heteroatoms. The van der Waals surface area contributed by atoms with Crippen molar-refractivity contribution in [2.45, 2.75) is 5.92 Å². The number of hydrogen-bond acceptors (Lipinski definition) is 2. The molecule has 61 valence electrons. The molecule has 0 aromatic carbocycles. The summed E-state index contributed by atoms with van der Waals surface area (Å²) in [5.74, 6) is 0.324. The van der Waals surface area contributed by atoms with Gasteiger partial charge in [0.15, 0.2) is 0 Å². The van der Waals surface area contributed by atoms with E-state index in [4.69, 9.17) is 0 Å². The minimum absolute atomic E-state index is 0.324. The number of thiophene rings is 2. The lowest BCUT2D eigenvalue weighted by Crippen LogP contribution is -1.88. The molecule has 0 nitrogen and oxygen atoms in total. The van der Waals surface area contributed by atoms with Crippen LogP contribution in [-0.2, 0) is 0 Å². The van der Waals surface area contributed by atoms with Crippen LogP contribution in [0.15, 0.2) is 35.0 Å². The maximum Gasteiger partial charge on any atom is 0.0278 e. The lowest BCUT2D eigenvalue weighted by molar-refractivity contribution is 1.10. The van der Waals surface area contributed by atoms with E-state index in [1.807, 2.05) is 0 Å². The Balaban J connectivity index is 2.27. The molecule has 0 bridgehead atoms. The third-order valence-electron chi connectivity index (χ3n) is 1.77. The standard InChI is InChI=1S/C10H9S2/c1-8(9-4-2-6-11-9)10-5-3-7-12-10/h2-8H,1H2. The predicted octanol–water partition coefficient (Wildman–Crippen LogP) is 3.78. The van der Waals surface area contributed by atoms with E-state index in [9.17, 15) is 0 Å². The molecule has 12 heavy (non-hydrogen) atoms. The van der Waals surface area contributed by atoms with Crippen molar-refractivity contribution in [3.05, 3.63) is 51.7 Å². The Hall–Kier alpha value is -0.600. The van der Waals surface area contributed by atoms with Gasteiger partial charge in [0.1, 0.15) is 0 Å². The summed E-state index contributed by atoms with van der Waals surface area (Å²) in [6.07, 6.45) is 0. The monoisotopic (exact) mass is 193 g/mol. The minimum atomic E-state index is 0.324. The van der Waals surface area contributed by atoms with Crippen LogP contribution in [0.2, 0.25) is 0 Å². The molecule has 2 heterocycles. The highest BCUT2D eigenvalue weighted by molar-refractivity contribution is 7.11. The maximum absolute atomic E-state index is 4.14. The van der Waals surface area contributed by atoms with Gasteiger partial charge in [0, 0.05) is 15.7 Å². The van der Waals surface area contributed by atoms with Gasteiger partial charge < -0.3 is 0 Å². The number of rotatable bonds is 2. The van der Waals surface area contributed by atoms with Crippen molar-refractivity contribution in [2.75, 3.05) is 0 Å². The second-order valence-electron chi connectivity index (χ2n) is 2.58. The molecule has 0 fully saturated rings. The molecule has 0 amide bonds. The predicted molar refractivity (Wildman–Crippen MR) is 55.8 cm³/mol. The Kier molecular flexibility index (Phi) is 2.28. The Morgan fingerprint density at radius 3 is 1.83 bits per heavy atom. The van der Waals surface area contributed by atoms with E-state index in [1.54, 1.807) is 22.7 Å². The van der Waals surface area contributed by atoms with Gasteiger partial charge in [-0.25, -0.2) is 0 Å². The fraction of sp³-hybridized carbons (Fsp3) is 0.100. The molecule has 1 radical (unpaired) electrons. The van der Waals surface area contributed by atoms with Gasteiger partial charge in [0.05, 0.1) is 0 Å². The van der Waals surface area contributed by atoms with Gasteiger partial charge in [-0.1, -0.05) is 12.1 Å². The lowest BCUT2D eigenvalue weighted by Gasteiger charge is -2.04. The van der Waals surface area contributed by atoms with Crippen LogP contribution >= 0.6 is 22.7 Å². The summed E-state index contributed by atoms with van der Waals surface area (Å²) < 4.78 is 0. The molecule has 0 aliphatic heterocycles. The van der Waals surface area contributed by atoms with E-state index in [0.717, 1.165) is 0 Å². The van der Waals surface area contributed by atoms with Gasteiger partial charge in [-0.3, -0.25) is 0 Å².